The van der Waals surface area contributed by atoms with Gasteiger partial charge in [-0.3, -0.25) is 19.2 Å². The molecule has 73 heavy (non-hydrogen) atoms. The fraction of sp³-hybridized carbons (Fsp3) is 0.732. The molecule has 17 heteroatoms. The van der Waals surface area contributed by atoms with Gasteiger partial charge in [0.1, 0.15) is 29.8 Å². The van der Waals surface area contributed by atoms with Crippen LogP contribution in [0.15, 0.2) is 59.8 Å². The Bertz CT molecular complexity index is 1960. The van der Waals surface area contributed by atoms with E-state index in [-0.39, 0.29) is 42.6 Å². The Hall–Kier alpha value is -3.91. The summed E-state index contributed by atoms with van der Waals surface area (Å²) in [6.45, 7) is 13.5. The summed E-state index contributed by atoms with van der Waals surface area (Å²) in [7, 11) is 4.53. The van der Waals surface area contributed by atoms with Crippen molar-refractivity contribution in [3.8, 4) is 0 Å². The fourth-order valence-corrected chi connectivity index (χ4v) is 10.2. The molecular formula is C56H89NO16. The van der Waals surface area contributed by atoms with Crippen molar-refractivity contribution in [2.75, 3.05) is 41.1 Å². The molecule has 2 unspecified atom stereocenters. The average Bonchev–Trinajstić information content (AvgIpc) is 3.37. The van der Waals surface area contributed by atoms with E-state index in [0.29, 0.717) is 62.9 Å². The summed E-state index contributed by atoms with van der Waals surface area (Å²) in [5.74, 6) is -7.73. The summed E-state index contributed by atoms with van der Waals surface area (Å²) in [6, 6.07) is -1.12. The molecule has 3 aliphatic rings. The fourth-order valence-electron chi connectivity index (χ4n) is 10.2. The van der Waals surface area contributed by atoms with Gasteiger partial charge in [-0.2, -0.15) is 0 Å². The number of carbonyl (C=O) groups excluding carboxylic acids is 4. The highest BCUT2D eigenvalue weighted by Crippen LogP contribution is 2.37. The van der Waals surface area contributed by atoms with Crippen molar-refractivity contribution in [2.45, 2.75) is 181 Å². The largest absolute Gasteiger partial charge is 0.480 e. The number of carboxylic acid groups (broad SMARTS) is 1. The van der Waals surface area contributed by atoms with Crippen LogP contribution in [0.4, 0.5) is 0 Å². The second kappa shape index (κ2) is 30.0. The molecule has 0 spiro atoms. The van der Waals surface area contributed by atoms with Crippen LogP contribution in [0, 0.1) is 40.9 Å². The number of carboxylic acids is 1. The Labute approximate surface area is 433 Å². The second-order valence-corrected chi connectivity index (χ2v) is 21.5. The first-order chi connectivity index (χ1) is 34.4. The standard InChI is InChI=1S/C56H89NO16/c1-34(17-13-12-14-18-36(3)46(69-9)31-42-23-21-40(7)56(68,73-42)51(63)52(64)57-26-16-15-19-43(57)53(65)66)27-38(5)48(61)50(71-11)49(62)39(6)29-37(4)44(60)24-20-35(2)28-41-22-25-45(47(30-41)70-10)72-54(67)55(8,32-58)33-59/h12-14,17-18,20,24,29,34-35,37-38,40-47,49-50,58-60,62,68H,15-16,19,21-23,25-28,30-33H2,1-11H3,(H,65,66)/t34-,35+,37-,38-,40-,41+,42?,43+,44?,45-,46+,47-,49-,50+,56-/m1/s1. The van der Waals surface area contributed by atoms with Crippen molar-refractivity contribution in [2.24, 2.45) is 40.9 Å². The van der Waals surface area contributed by atoms with Gasteiger partial charge in [0.15, 0.2) is 5.78 Å². The minimum atomic E-state index is -2.39. The molecule has 0 aromatic carbocycles. The van der Waals surface area contributed by atoms with Crippen LogP contribution in [0.1, 0.15) is 126 Å². The SMILES string of the molecule is CO[C@@H](CC1CC[C@@H](C)[C@](O)(C(=O)C(=O)N2CCCC[C@H]2C(=O)O)O1)C(C)=CC=CC=C[C@@H](C)C[C@@H](C)C(=O)[C@H](OC)[C@H](O)C(C)=C[C@@H](C)C(O)C=C[C@H](C)C[C@@H]1CC[C@@H](OC(=O)C(C)(CO)CO)[C@H](OC)C1. The summed E-state index contributed by atoms with van der Waals surface area (Å²) in [5.41, 5.74) is -0.0151. The molecule has 0 aromatic heterocycles. The van der Waals surface area contributed by atoms with E-state index in [2.05, 4.69) is 6.92 Å². The number of esters is 1. The van der Waals surface area contributed by atoms with Gasteiger partial charge in [-0.1, -0.05) is 83.2 Å². The third-order valence-electron chi connectivity index (χ3n) is 15.3. The highest BCUT2D eigenvalue weighted by molar-refractivity contribution is 6.39. The highest BCUT2D eigenvalue weighted by Gasteiger charge is 2.53. The molecule has 1 amide bonds. The molecule has 3 fully saturated rings. The number of rotatable bonds is 28. The molecule has 3 rings (SSSR count). The van der Waals surface area contributed by atoms with Gasteiger partial charge in [0.2, 0.25) is 5.79 Å². The molecule has 414 valence electrons. The zero-order valence-electron chi connectivity index (χ0n) is 45.3. The summed E-state index contributed by atoms with van der Waals surface area (Å²) in [5, 5.41) is 62.7. The smallest absolute Gasteiger partial charge is 0.326 e. The summed E-state index contributed by atoms with van der Waals surface area (Å²) in [6.07, 6.45) is 16.0. The number of amides is 1. The number of piperidine rings is 1. The first-order valence-electron chi connectivity index (χ1n) is 26.2. The normalized spacial score (nSPS) is 28.1. The van der Waals surface area contributed by atoms with Gasteiger partial charge < -0.3 is 59.2 Å². The van der Waals surface area contributed by atoms with Crippen LogP contribution >= 0.6 is 0 Å². The number of carbonyl (C=O) groups is 5. The number of allylic oxidation sites excluding steroid dienone is 6. The third-order valence-corrected chi connectivity index (χ3v) is 15.3. The van der Waals surface area contributed by atoms with E-state index in [1.807, 2.05) is 64.2 Å². The van der Waals surface area contributed by atoms with E-state index in [9.17, 15) is 54.6 Å². The Morgan fingerprint density at radius 3 is 2.12 bits per heavy atom. The van der Waals surface area contributed by atoms with E-state index in [0.717, 1.165) is 23.3 Å². The zero-order valence-corrected chi connectivity index (χ0v) is 45.3. The predicted molar refractivity (Wildman–Crippen MR) is 275 cm³/mol. The minimum Gasteiger partial charge on any atom is -0.480 e. The number of likely N-dealkylation sites (tertiary alicyclic amines) is 1. The summed E-state index contributed by atoms with van der Waals surface area (Å²) < 4.78 is 28.6. The van der Waals surface area contributed by atoms with Crippen LogP contribution in [-0.2, 0) is 47.7 Å². The Balaban J connectivity index is 1.50. The van der Waals surface area contributed by atoms with Crippen LogP contribution in [-0.4, -0.2) is 161 Å². The van der Waals surface area contributed by atoms with Gasteiger partial charge in [-0.05, 0) is 114 Å². The van der Waals surface area contributed by atoms with E-state index in [4.69, 9.17) is 23.7 Å². The molecular weight excluding hydrogens is 943 g/mol. The Morgan fingerprint density at radius 2 is 1.51 bits per heavy atom. The van der Waals surface area contributed by atoms with Crippen LogP contribution in [0.25, 0.3) is 0 Å². The number of methoxy groups -OCH3 is 3. The molecule has 1 aliphatic carbocycles. The van der Waals surface area contributed by atoms with Crippen LogP contribution in [0.2, 0.25) is 0 Å². The highest BCUT2D eigenvalue weighted by atomic mass is 16.6. The lowest BCUT2D eigenvalue weighted by Crippen LogP contribution is -2.60. The maximum absolute atomic E-state index is 13.6. The second-order valence-electron chi connectivity index (χ2n) is 21.5. The number of aliphatic hydroxyl groups is 5. The molecule has 6 N–H and O–H groups in total. The van der Waals surface area contributed by atoms with Crippen molar-refractivity contribution in [1.29, 1.82) is 0 Å². The van der Waals surface area contributed by atoms with E-state index in [1.165, 1.54) is 14.0 Å². The van der Waals surface area contributed by atoms with E-state index < -0.39 is 103 Å². The molecule has 2 saturated heterocycles. The number of ketones is 2. The molecule has 0 bridgehead atoms. The van der Waals surface area contributed by atoms with Crippen molar-refractivity contribution in [3.05, 3.63) is 59.8 Å². The van der Waals surface area contributed by atoms with Crippen LogP contribution in [0.3, 0.4) is 0 Å². The molecule has 2 aliphatic heterocycles. The number of hydrogen-bond donors (Lipinski definition) is 6. The lowest BCUT2D eigenvalue weighted by molar-refractivity contribution is -0.265. The van der Waals surface area contributed by atoms with Gasteiger partial charge in [-0.25, -0.2) is 4.79 Å². The van der Waals surface area contributed by atoms with Gasteiger partial charge in [0.25, 0.3) is 11.7 Å². The van der Waals surface area contributed by atoms with Crippen molar-refractivity contribution >= 4 is 29.4 Å². The third kappa shape index (κ3) is 17.8. The zero-order chi connectivity index (χ0) is 54.8. The van der Waals surface area contributed by atoms with Gasteiger partial charge in [0.05, 0.1) is 37.6 Å². The van der Waals surface area contributed by atoms with Crippen molar-refractivity contribution in [3.63, 3.8) is 0 Å². The van der Waals surface area contributed by atoms with Crippen molar-refractivity contribution < 1.29 is 78.3 Å². The lowest BCUT2D eigenvalue weighted by Gasteiger charge is -2.42. The maximum Gasteiger partial charge on any atom is 0.326 e. The topological polar surface area (TPSA) is 256 Å². The number of aliphatic carboxylic acids is 1. The summed E-state index contributed by atoms with van der Waals surface area (Å²) >= 11 is 0. The van der Waals surface area contributed by atoms with Gasteiger partial charge >= 0.3 is 11.9 Å². The average molecular weight is 1030 g/mol. The van der Waals surface area contributed by atoms with Crippen LogP contribution in [0.5, 0.6) is 0 Å². The number of hydrogen-bond acceptors (Lipinski definition) is 15. The predicted octanol–water partition coefficient (Wildman–Crippen LogP) is 5.84. The molecule has 0 aromatic rings. The first-order valence-corrected chi connectivity index (χ1v) is 26.2. The molecule has 17 nitrogen and oxygen atoms in total. The van der Waals surface area contributed by atoms with Gasteiger partial charge in [-0.15, -0.1) is 0 Å². The van der Waals surface area contributed by atoms with E-state index >= 15 is 0 Å². The maximum atomic E-state index is 13.6. The lowest BCUT2D eigenvalue weighted by atomic mass is 9.80. The molecule has 0 radical (unpaired) electrons. The first kappa shape index (κ1) is 63.4. The van der Waals surface area contributed by atoms with Crippen molar-refractivity contribution in [1.82, 2.24) is 4.90 Å². The molecule has 2 heterocycles. The number of ether oxygens (including phenoxy) is 5. The van der Waals surface area contributed by atoms with E-state index in [1.54, 1.807) is 40.2 Å². The molecule has 15 atom stereocenters. The number of Topliss-reactive ketones (excluding diaryl/α,β-unsaturated/α-hetero) is 2. The van der Waals surface area contributed by atoms with Gasteiger partial charge in [0, 0.05) is 52.0 Å². The Kier molecular flexibility index (Phi) is 26.0. The minimum absolute atomic E-state index is 0.00266. The number of aliphatic hydroxyl groups excluding tert-OH is 4. The molecule has 1 saturated carbocycles. The number of nitrogens with zero attached hydrogens (tertiary/aromatic N) is 1. The monoisotopic (exact) mass is 1030 g/mol. The Morgan fingerprint density at radius 1 is 0.822 bits per heavy atom. The summed E-state index contributed by atoms with van der Waals surface area (Å²) in [4.78, 5) is 65.9. The van der Waals surface area contributed by atoms with Crippen LogP contribution < -0.4 is 0 Å². The quantitative estimate of drug-likeness (QED) is 0.0233.